The van der Waals surface area contributed by atoms with Crippen molar-refractivity contribution < 1.29 is 23.9 Å². The van der Waals surface area contributed by atoms with Crippen LogP contribution in [0, 0.1) is 5.82 Å². The summed E-state index contributed by atoms with van der Waals surface area (Å²) >= 11 is 0. The second-order valence-corrected chi connectivity index (χ2v) is 7.24. The molecule has 1 atom stereocenters. The van der Waals surface area contributed by atoms with Gasteiger partial charge in [-0.1, -0.05) is 30.3 Å². The molecule has 0 spiro atoms. The number of hydrogen-bond donors (Lipinski definition) is 3. The lowest BCUT2D eigenvalue weighted by molar-refractivity contribution is -0.131. The number of nitrogens with one attached hydrogen (secondary N) is 1. The van der Waals surface area contributed by atoms with Gasteiger partial charge in [0.25, 0.3) is 5.91 Å². The molecule has 160 valence electrons. The topological polar surface area (TPSA) is 119 Å². The van der Waals surface area contributed by atoms with Gasteiger partial charge in [-0.05, 0) is 23.8 Å². The van der Waals surface area contributed by atoms with Crippen molar-refractivity contribution in [2.45, 2.75) is 6.17 Å². The van der Waals surface area contributed by atoms with E-state index in [4.69, 9.17) is 5.73 Å². The van der Waals surface area contributed by atoms with Crippen molar-refractivity contribution in [2.75, 3.05) is 5.01 Å². The molecule has 3 amide bonds. The summed E-state index contributed by atoms with van der Waals surface area (Å²) in [6, 6.07) is 11.4. The zero-order valence-corrected chi connectivity index (χ0v) is 16.4. The second-order valence-electron chi connectivity index (χ2n) is 7.24. The highest BCUT2D eigenvalue weighted by Crippen LogP contribution is 2.46. The van der Waals surface area contributed by atoms with Crippen LogP contribution in [0.4, 0.5) is 14.9 Å². The molecule has 1 unspecified atom stereocenters. The average molecular weight is 433 g/mol. The third-order valence-corrected chi connectivity index (χ3v) is 5.37. The molecule has 2 heterocycles. The van der Waals surface area contributed by atoms with Gasteiger partial charge >= 0.3 is 12.0 Å². The number of urea groups is 1. The molecular formula is C22H16FN5O4. The van der Waals surface area contributed by atoms with Gasteiger partial charge in [0.05, 0.1) is 17.1 Å². The summed E-state index contributed by atoms with van der Waals surface area (Å²) in [6.07, 6.45) is 2.99. The quantitative estimate of drug-likeness (QED) is 0.638. The molecule has 2 aliphatic heterocycles. The largest absolute Gasteiger partial charge is 0.478 e. The Morgan fingerprint density at radius 3 is 2.56 bits per heavy atom. The molecule has 3 aliphatic rings. The molecule has 0 bridgehead atoms. The van der Waals surface area contributed by atoms with Crippen LogP contribution in [0.1, 0.15) is 11.1 Å². The molecule has 1 aliphatic carbocycles. The zero-order chi connectivity index (χ0) is 22.6. The van der Waals surface area contributed by atoms with E-state index in [1.807, 2.05) is 0 Å². The highest BCUT2D eigenvalue weighted by molar-refractivity contribution is 6.10. The van der Waals surface area contributed by atoms with E-state index in [0.717, 1.165) is 17.2 Å². The molecular weight excluding hydrogens is 417 g/mol. The Labute approximate surface area is 181 Å². The molecule has 5 rings (SSSR count). The Balaban J connectivity index is 1.61. The first-order valence-corrected chi connectivity index (χ1v) is 9.57. The molecule has 0 saturated carbocycles. The van der Waals surface area contributed by atoms with Crippen LogP contribution in [0.15, 0.2) is 72.7 Å². The van der Waals surface area contributed by atoms with Gasteiger partial charge in [-0.25, -0.2) is 24.0 Å². The lowest BCUT2D eigenvalue weighted by atomic mass is 10.0. The zero-order valence-electron chi connectivity index (χ0n) is 16.4. The maximum Gasteiger partial charge on any atom is 0.338 e. The molecule has 0 saturated heterocycles. The van der Waals surface area contributed by atoms with Gasteiger partial charge in [0.2, 0.25) is 6.17 Å². The molecule has 2 aromatic rings. The number of carboxylic acid groups (broad SMARTS) is 1. The Bertz CT molecular complexity index is 1280. The predicted octanol–water partition coefficient (Wildman–Crippen LogP) is 2.02. The van der Waals surface area contributed by atoms with Crippen molar-refractivity contribution in [1.29, 1.82) is 0 Å². The Morgan fingerprint density at radius 2 is 1.88 bits per heavy atom. The molecule has 0 radical (unpaired) electrons. The number of nitrogens with two attached hydrogens (primary N) is 1. The van der Waals surface area contributed by atoms with E-state index in [0.29, 0.717) is 28.1 Å². The molecule has 9 nitrogen and oxygen atoms in total. The van der Waals surface area contributed by atoms with Gasteiger partial charge in [-0.2, -0.15) is 0 Å². The van der Waals surface area contributed by atoms with Crippen LogP contribution in [0.3, 0.4) is 0 Å². The average Bonchev–Trinajstić information content (AvgIpc) is 3.29. The van der Waals surface area contributed by atoms with Crippen LogP contribution in [0.2, 0.25) is 0 Å². The van der Waals surface area contributed by atoms with Crippen molar-refractivity contribution in [3.8, 4) is 0 Å². The molecule has 2 aromatic carbocycles. The van der Waals surface area contributed by atoms with Crippen LogP contribution < -0.4 is 16.1 Å². The smallest absolute Gasteiger partial charge is 0.338 e. The third kappa shape index (κ3) is 2.81. The number of carboxylic acids is 1. The number of rotatable bonds is 3. The second kappa shape index (κ2) is 6.98. The van der Waals surface area contributed by atoms with Crippen molar-refractivity contribution in [1.82, 2.24) is 15.2 Å². The van der Waals surface area contributed by atoms with E-state index in [1.54, 1.807) is 35.4 Å². The number of aliphatic carboxylic acids is 1. The predicted molar refractivity (Wildman–Crippen MR) is 112 cm³/mol. The number of carbonyl (C=O) groups is 3. The summed E-state index contributed by atoms with van der Waals surface area (Å²) in [4.78, 5) is 38.5. The van der Waals surface area contributed by atoms with Crippen LogP contribution >= 0.6 is 0 Å². The van der Waals surface area contributed by atoms with Gasteiger partial charge in [0, 0.05) is 29.6 Å². The minimum atomic E-state index is -1.14. The molecule has 10 heteroatoms. The van der Waals surface area contributed by atoms with Crippen molar-refractivity contribution in [3.63, 3.8) is 0 Å². The monoisotopic (exact) mass is 433 g/mol. The lowest BCUT2D eigenvalue weighted by Crippen LogP contribution is -2.60. The molecule has 4 N–H and O–H groups in total. The summed E-state index contributed by atoms with van der Waals surface area (Å²) in [5, 5.41) is 14.5. The maximum atomic E-state index is 13.8. The number of carbonyl (C=O) groups excluding carboxylic acids is 2. The Hall–Kier alpha value is -4.60. The van der Waals surface area contributed by atoms with Crippen LogP contribution in [-0.4, -0.2) is 39.1 Å². The van der Waals surface area contributed by atoms with Crippen molar-refractivity contribution in [2.24, 2.45) is 5.73 Å². The number of amides is 3. The fourth-order valence-electron chi connectivity index (χ4n) is 4.21. The van der Waals surface area contributed by atoms with Crippen LogP contribution in [-0.2, 0) is 9.59 Å². The van der Waals surface area contributed by atoms with Crippen molar-refractivity contribution in [3.05, 3.63) is 89.6 Å². The maximum absolute atomic E-state index is 13.8. The first-order chi connectivity index (χ1) is 15.4. The van der Waals surface area contributed by atoms with E-state index in [9.17, 15) is 23.9 Å². The van der Waals surface area contributed by atoms with Crippen molar-refractivity contribution >= 4 is 34.9 Å². The normalized spacial score (nSPS) is 19.6. The van der Waals surface area contributed by atoms with Crippen LogP contribution in [0.5, 0.6) is 0 Å². The number of hydrogen-bond acceptors (Lipinski definition) is 5. The summed E-state index contributed by atoms with van der Waals surface area (Å²) < 4.78 is 13.8. The molecule has 32 heavy (non-hydrogen) atoms. The minimum absolute atomic E-state index is 0.132. The van der Waals surface area contributed by atoms with E-state index in [-0.39, 0.29) is 5.69 Å². The molecule has 0 fully saturated rings. The highest BCUT2D eigenvalue weighted by Gasteiger charge is 2.47. The number of hydrazine groups is 1. The summed E-state index contributed by atoms with van der Waals surface area (Å²) in [5.74, 6) is -2.19. The lowest BCUT2D eigenvalue weighted by Gasteiger charge is -2.40. The highest BCUT2D eigenvalue weighted by atomic mass is 19.1. The Morgan fingerprint density at radius 1 is 1.12 bits per heavy atom. The number of allylic oxidation sites excluding steroid dienone is 1. The SMILES string of the molecule is NC(=O)N(c1cccc(F)c1)N1C=CN2C3=C(NC(=O)C21)c1ccccc1C3=CC(=O)O. The number of anilines is 1. The van der Waals surface area contributed by atoms with Gasteiger partial charge in [-0.15, -0.1) is 0 Å². The fourth-order valence-corrected chi connectivity index (χ4v) is 4.21. The Kier molecular flexibility index (Phi) is 4.22. The van der Waals surface area contributed by atoms with Gasteiger partial charge < -0.3 is 21.1 Å². The van der Waals surface area contributed by atoms with E-state index >= 15 is 0 Å². The first-order valence-electron chi connectivity index (χ1n) is 9.57. The van der Waals surface area contributed by atoms with E-state index in [1.165, 1.54) is 29.4 Å². The summed E-state index contributed by atoms with van der Waals surface area (Å²) in [5.41, 5.74) is 8.40. The van der Waals surface area contributed by atoms with Gasteiger partial charge in [0.15, 0.2) is 0 Å². The number of benzene rings is 2. The fraction of sp³-hybridized carbons (Fsp3) is 0.0455. The minimum Gasteiger partial charge on any atom is -0.478 e. The number of halogens is 1. The number of primary amides is 1. The molecule has 0 aromatic heterocycles. The van der Waals surface area contributed by atoms with E-state index < -0.39 is 29.9 Å². The first kappa shape index (κ1) is 19.4. The number of fused-ring (bicyclic) bond motifs is 4. The van der Waals surface area contributed by atoms with Crippen LogP contribution in [0.25, 0.3) is 11.3 Å². The third-order valence-electron chi connectivity index (χ3n) is 5.37. The number of nitrogens with zero attached hydrogens (tertiary/aromatic N) is 3. The standard InChI is InChI=1S/C22H16FN5O4/c23-12-4-3-5-13(10-12)28(22(24)32)27-9-8-26-19-16(11-17(29)30)14-6-1-2-7-15(14)18(19)25-20(31)21(26)27/h1-11,21H,(H2,24,32)(H,25,31)(H,29,30). The van der Waals surface area contributed by atoms with Gasteiger partial charge in [-0.3, -0.25) is 4.79 Å². The van der Waals surface area contributed by atoms with E-state index in [2.05, 4.69) is 5.32 Å². The summed E-state index contributed by atoms with van der Waals surface area (Å²) in [6.45, 7) is 0. The summed E-state index contributed by atoms with van der Waals surface area (Å²) in [7, 11) is 0. The van der Waals surface area contributed by atoms with Gasteiger partial charge in [0.1, 0.15) is 5.82 Å².